The van der Waals surface area contributed by atoms with Crippen LogP contribution >= 0.6 is 0 Å². The van der Waals surface area contributed by atoms with Crippen molar-refractivity contribution in [1.82, 2.24) is 19.8 Å². The van der Waals surface area contributed by atoms with Crippen molar-refractivity contribution < 1.29 is 0 Å². The number of aromatic nitrogens is 2. The zero-order chi connectivity index (χ0) is 15.5. The predicted molar refractivity (Wildman–Crippen MR) is 88.7 cm³/mol. The smallest absolute Gasteiger partial charge is 0.204 e. The Balaban J connectivity index is 1.93. The third kappa shape index (κ3) is 3.58. The van der Waals surface area contributed by atoms with Gasteiger partial charge >= 0.3 is 0 Å². The Labute approximate surface area is 129 Å². The number of anilines is 1. The normalized spacial score (nSPS) is 18.2. The topological polar surface area (TPSA) is 36.3 Å². The summed E-state index contributed by atoms with van der Waals surface area (Å²) in [6.45, 7) is 1.94. The minimum atomic E-state index is 0.335. The van der Waals surface area contributed by atoms with Crippen LogP contribution in [0.2, 0.25) is 0 Å². The molecular weight excluding hydrogens is 262 g/mol. The van der Waals surface area contributed by atoms with Crippen LogP contribution in [0.4, 0.5) is 5.95 Å². The first-order chi connectivity index (χ1) is 9.96. The molecule has 1 aromatic heterocycles. The lowest BCUT2D eigenvalue weighted by atomic mass is 9.80. The van der Waals surface area contributed by atoms with Gasteiger partial charge in [-0.2, -0.15) is 0 Å². The first kappa shape index (κ1) is 16.3. The van der Waals surface area contributed by atoms with Gasteiger partial charge in [-0.05, 0) is 26.9 Å². The van der Waals surface area contributed by atoms with Crippen molar-refractivity contribution in [2.24, 2.45) is 7.05 Å². The molecule has 21 heavy (non-hydrogen) atoms. The molecule has 1 N–H and O–H groups in total. The van der Waals surface area contributed by atoms with Gasteiger partial charge in [-0.15, -0.1) is 0 Å². The minimum absolute atomic E-state index is 0.335. The highest BCUT2D eigenvalue weighted by Gasteiger charge is 2.33. The molecule has 0 spiro atoms. The number of rotatable bonds is 6. The highest BCUT2D eigenvalue weighted by atomic mass is 15.3. The molecule has 1 heterocycles. The molecule has 120 valence electrons. The Hall–Kier alpha value is -1.07. The summed E-state index contributed by atoms with van der Waals surface area (Å²) >= 11 is 0. The van der Waals surface area contributed by atoms with Crippen molar-refractivity contribution in [2.45, 2.75) is 44.2 Å². The average Bonchev–Trinajstić information content (AvgIpc) is 2.81. The molecule has 0 amide bonds. The van der Waals surface area contributed by atoms with E-state index in [4.69, 9.17) is 0 Å². The lowest BCUT2D eigenvalue weighted by molar-refractivity contribution is 0.0982. The third-order valence-electron chi connectivity index (χ3n) is 4.95. The summed E-state index contributed by atoms with van der Waals surface area (Å²) in [5.41, 5.74) is 1.57. The van der Waals surface area contributed by atoms with Crippen LogP contribution in [0.15, 0.2) is 6.20 Å². The van der Waals surface area contributed by atoms with E-state index in [0.717, 1.165) is 19.0 Å². The van der Waals surface area contributed by atoms with E-state index in [2.05, 4.69) is 40.9 Å². The summed E-state index contributed by atoms with van der Waals surface area (Å²) in [6, 6.07) is 0. The van der Waals surface area contributed by atoms with E-state index in [1.165, 1.54) is 37.8 Å². The largest absolute Gasteiger partial charge is 0.348 e. The monoisotopic (exact) mass is 293 g/mol. The van der Waals surface area contributed by atoms with Crippen LogP contribution in [-0.4, -0.2) is 54.7 Å². The summed E-state index contributed by atoms with van der Waals surface area (Å²) in [4.78, 5) is 8.94. The Morgan fingerprint density at radius 2 is 1.86 bits per heavy atom. The fraction of sp³-hybridized carbons (Fsp3) is 0.812. The molecule has 0 bridgehead atoms. The molecule has 5 heteroatoms. The Morgan fingerprint density at radius 3 is 2.38 bits per heavy atom. The van der Waals surface area contributed by atoms with E-state index in [-0.39, 0.29) is 0 Å². The van der Waals surface area contributed by atoms with Gasteiger partial charge in [0.1, 0.15) is 0 Å². The van der Waals surface area contributed by atoms with Crippen molar-refractivity contribution in [2.75, 3.05) is 39.6 Å². The fourth-order valence-corrected chi connectivity index (χ4v) is 3.43. The maximum absolute atomic E-state index is 4.47. The van der Waals surface area contributed by atoms with Crippen LogP contribution < -0.4 is 10.2 Å². The van der Waals surface area contributed by atoms with Crippen molar-refractivity contribution >= 4 is 5.95 Å². The van der Waals surface area contributed by atoms with Gasteiger partial charge < -0.3 is 19.7 Å². The van der Waals surface area contributed by atoms with Crippen molar-refractivity contribution in [3.8, 4) is 0 Å². The van der Waals surface area contributed by atoms with Crippen molar-refractivity contribution in [3.05, 3.63) is 11.9 Å². The number of likely N-dealkylation sites (N-methyl/N-ethyl adjacent to an activating group) is 1. The van der Waals surface area contributed by atoms with E-state index in [9.17, 15) is 0 Å². The Morgan fingerprint density at radius 1 is 1.19 bits per heavy atom. The van der Waals surface area contributed by atoms with Crippen LogP contribution in [0.5, 0.6) is 0 Å². The second kappa shape index (κ2) is 6.79. The van der Waals surface area contributed by atoms with E-state index >= 15 is 0 Å². The van der Waals surface area contributed by atoms with Crippen molar-refractivity contribution in [1.29, 1.82) is 0 Å². The van der Waals surface area contributed by atoms with Crippen LogP contribution in [0.3, 0.4) is 0 Å². The fourth-order valence-electron chi connectivity index (χ4n) is 3.43. The minimum Gasteiger partial charge on any atom is -0.348 e. The molecule has 1 fully saturated rings. The maximum Gasteiger partial charge on any atom is 0.204 e. The lowest BCUT2D eigenvalue weighted by Crippen LogP contribution is -2.52. The molecule has 5 nitrogen and oxygen atoms in total. The van der Waals surface area contributed by atoms with E-state index in [0.29, 0.717) is 5.54 Å². The SMILES string of the molecule is CN(C)c1ncc(CNCC2(N(C)C)CCCCC2)n1C. The van der Waals surface area contributed by atoms with Gasteiger partial charge in [0.2, 0.25) is 5.95 Å². The first-order valence-electron chi connectivity index (χ1n) is 8.02. The van der Waals surface area contributed by atoms with Gasteiger partial charge in [0.05, 0.1) is 11.9 Å². The Kier molecular flexibility index (Phi) is 5.27. The molecule has 0 aliphatic heterocycles. The van der Waals surface area contributed by atoms with Crippen LogP contribution in [0.1, 0.15) is 37.8 Å². The molecule has 0 aromatic carbocycles. The third-order valence-corrected chi connectivity index (χ3v) is 4.95. The van der Waals surface area contributed by atoms with Gasteiger partial charge in [-0.1, -0.05) is 19.3 Å². The molecule has 1 aliphatic rings. The maximum atomic E-state index is 4.47. The summed E-state index contributed by atoms with van der Waals surface area (Å²) < 4.78 is 2.16. The number of hydrogen-bond donors (Lipinski definition) is 1. The van der Waals surface area contributed by atoms with Crippen LogP contribution in [-0.2, 0) is 13.6 Å². The van der Waals surface area contributed by atoms with Gasteiger partial charge in [0.25, 0.3) is 0 Å². The summed E-state index contributed by atoms with van der Waals surface area (Å²) in [5.74, 6) is 1.01. The van der Waals surface area contributed by atoms with E-state index in [1.54, 1.807) is 0 Å². The molecule has 0 saturated heterocycles. The van der Waals surface area contributed by atoms with Gasteiger partial charge in [0.15, 0.2) is 0 Å². The standard InChI is InChI=1S/C16H31N5/c1-19(2)15-18-12-14(21(15)5)11-17-13-16(20(3)4)9-7-6-8-10-16/h12,17H,6-11,13H2,1-5H3. The second-order valence-electron chi connectivity index (χ2n) is 6.79. The quantitative estimate of drug-likeness (QED) is 0.868. The molecule has 1 aliphatic carbocycles. The van der Waals surface area contributed by atoms with Gasteiger partial charge in [-0.3, -0.25) is 0 Å². The Bertz CT molecular complexity index is 444. The van der Waals surface area contributed by atoms with E-state index < -0.39 is 0 Å². The zero-order valence-electron chi connectivity index (χ0n) is 14.3. The number of nitrogens with one attached hydrogen (secondary N) is 1. The highest BCUT2D eigenvalue weighted by Crippen LogP contribution is 2.31. The summed E-state index contributed by atoms with van der Waals surface area (Å²) in [6.07, 6.45) is 8.70. The zero-order valence-corrected chi connectivity index (χ0v) is 14.3. The number of nitrogens with zero attached hydrogens (tertiary/aromatic N) is 4. The van der Waals surface area contributed by atoms with E-state index in [1.807, 2.05) is 25.2 Å². The van der Waals surface area contributed by atoms with Gasteiger partial charge in [0, 0.05) is 39.8 Å². The highest BCUT2D eigenvalue weighted by molar-refractivity contribution is 5.30. The number of hydrogen-bond acceptors (Lipinski definition) is 4. The first-order valence-corrected chi connectivity index (χ1v) is 8.02. The molecule has 0 atom stereocenters. The van der Waals surface area contributed by atoms with Gasteiger partial charge in [-0.25, -0.2) is 4.98 Å². The average molecular weight is 293 g/mol. The molecule has 1 aromatic rings. The molecule has 2 rings (SSSR count). The number of imidazole rings is 1. The predicted octanol–water partition coefficient (Wildman–Crippen LogP) is 1.84. The molecule has 0 radical (unpaired) electrons. The molecular formula is C16H31N5. The van der Waals surface area contributed by atoms with Crippen molar-refractivity contribution in [3.63, 3.8) is 0 Å². The molecule has 0 unspecified atom stereocenters. The summed E-state index contributed by atoms with van der Waals surface area (Å²) in [7, 11) is 10.6. The second-order valence-corrected chi connectivity index (χ2v) is 6.79. The molecule has 1 saturated carbocycles. The lowest BCUT2D eigenvalue weighted by Gasteiger charge is -2.43. The van der Waals surface area contributed by atoms with Crippen LogP contribution in [0, 0.1) is 0 Å². The van der Waals surface area contributed by atoms with Crippen LogP contribution in [0.25, 0.3) is 0 Å². The summed E-state index contributed by atoms with van der Waals surface area (Å²) in [5, 5.41) is 3.67.